The fraction of sp³-hybridized carbons (Fsp3) is 0.231. The van der Waals surface area contributed by atoms with Crippen LogP contribution in [0.2, 0.25) is 0 Å². The number of allylic oxidation sites excluding steroid dienone is 1. The lowest BCUT2D eigenvalue weighted by atomic mass is 9.73. The molecule has 0 bridgehead atoms. The van der Waals surface area contributed by atoms with Crippen LogP contribution in [0.4, 0.5) is 0 Å². The van der Waals surface area contributed by atoms with Crippen molar-refractivity contribution in [2.24, 2.45) is 0 Å². The minimum absolute atomic E-state index is 0.232. The lowest BCUT2D eigenvalue weighted by Crippen LogP contribution is -2.37. The van der Waals surface area contributed by atoms with Crippen molar-refractivity contribution in [2.45, 2.75) is 29.7 Å². The van der Waals surface area contributed by atoms with E-state index >= 15 is 0 Å². The van der Waals surface area contributed by atoms with Crippen molar-refractivity contribution in [1.82, 2.24) is 4.31 Å². The Labute approximate surface area is 193 Å². The molecule has 1 aliphatic heterocycles. The minimum atomic E-state index is -3.66. The molecule has 0 N–H and O–H groups in total. The summed E-state index contributed by atoms with van der Waals surface area (Å²) >= 11 is 3.44. The molecule has 0 amide bonds. The van der Waals surface area contributed by atoms with Gasteiger partial charge in [0.15, 0.2) is 0 Å². The molecule has 3 nitrogen and oxygen atoms in total. The van der Waals surface area contributed by atoms with Crippen molar-refractivity contribution in [2.75, 3.05) is 11.9 Å². The van der Waals surface area contributed by atoms with E-state index in [0.29, 0.717) is 23.2 Å². The molecule has 1 saturated heterocycles. The fourth-order valence-corrected chi connectivity index (χ4v) is 6.35. The highest BCUT2D eigenvalue weighted by molar-refractivity contribution is 9.09. The Hall–Kier alpha value is -2.21. The van der Waals surface area contributed by atoms with Crippen LogP contribution in [0.1, 0.15) is 23.1 Å². The molecular weight excluding hydrogens is 470 g/mol. The summed E-state index contributed by atoms with van der Waals surface area (Å²) in [7, 11) is -3.66. The average Bonchev–Trinajstić information content (AvgIpc) is 3.21. The van der Waals surface area contributed by atoms with Crippen LogP contribution in [0.3, 0.4) is 0 Å². The van der Waals surface area contributed by atoms with Crippen molar-refractivity contribution in [3.05, 3.63) is 114 Å². The van der Waals surface area contributed by atoms with Crippen LogP contribution in [0.25, 0.3) is 0 Å². The summed E-state index contributed by atoms with van der Waals surface area (Å²) in [5.74, 6) is 0. The summed E-state index contributed by atoms with van der Waals surface area (Å²) in [5, 5.41) is 0.686. The highest BCUT2D eigenvalue weighted by atomic mass is 79.9. The number of aryl methyl sites for hydroxylation is 1. The predicted molar refractivity (Wildman–Crippen MR) is 130 cm³/mol. The van der Waals surface area contributed by atoms with Gasteiger partial charge in [-0.1, -0.05) is 106 Å². The maximum absolute atomic E-state index is 13.8. The first-order valence-corrected chi connectivity index (χ1v) is 13.0. The molecule has 0 spiro atoms. The van der Waals surface area contributed by atoms with Gasteiger partial charge in [-0.25, -0.2) is 8.42 Å². The van der Waals surface area contributed by atoms with Crippen LogP contribution in [0.15, 0.2) is 102 Å². The first kappa shape index (κ1) is 22.0. The smallest absolute Gasteiger partial charge is 0.207 e. The number of benzene rings is 3. The number of rotatable bonds is 6. The third-order valence-corrected chi connectivity index (χ3v) is 8.34. The lowest BCUT2D eigenvalue weighted by Gasteiger charge is -2.30. The highest BCUT2D eigenvalue weighted by Crippen LogP contribution is 2.45. The standard InChI is InChI=1S/C26H26BrNO2S/c1-21-14-16-25(17-15-21)31(29,30)28-20-26(19-24(28)13-8-18-27,22-9-4-2-5-10-22)23-11-6-3-7-12-23/h2-17,24H,18-20H2,1H3/b13-8+. The lowest BCUT2D eigenvalue weighted by molar-refractivity contribution is 0.423. The molecule has 160 valence electrons. The maximum Gasteiger partial charge on any atom is 0.243 e. The Morgan fingerprint density at radius 3 is 2.00 bits per heavy atom. The van der Waals surface area contributed by atoms with E-state index in [1.54, 1.807) is 16.4 Å². The van der Waals surface area contributed by atoms with E-state index in [1.807, 2.05) is 67.6 Å². The Morgan fingerprint density at radius 1 is 0.935 bits per heavy atom. The molecule has 1 fully saturated rings. The molecule has 31 heavy (non-hydrogen) atoms. The molecule has 1 heterocycles. The van der Waals surface area contributed by atoms with E-state index in [1.165, 1.54) is 0 Å². The average molecular weight is 496 g/mol. The van der Waals surface area contributed by atoms with E-state index in [9.17, 15) is 8.42 Å². The molecule has 0 aromatic heterocycles. The summed E-state index contributed by atoms with van der Waals surface area (Å²) < 4.78 is 29.2. The van der Waals surface area contributed by atoms with E-state index in [-0.39, 0.29) is 6.04 Å². The van der Waals surface area contributed by atoms with Crippen LogP contribution in [0.5, 0.6) is 0 Å². The van der Waals surface area contributed by atoms with Gasteiger partial charge in [-0.15, -0.1) is 0 Å². The Kier molecular flexibility index (Phi) is 6.47. The van der Waals surface area contributed by atoms with Crippen LogP contribution < -0.4 is 0 Å². The van der Waals surface area contributed by atoms with E-state index in [2.05, 4.69) is 40.2 Å². The van der Waals surface area contributed by atoms with Gasteiger partial charge < -0.3 is 0 Å². The summed E-state index contributed by atoms with van der Waals surface area (Å²) in [4.78, 5) is 0.340. The number of sulfonamides is 1. The number of halogens is 1. The molecular formula is C26H26BrNO2S. The van der Waals surface area contributed by atoms with Crippen LogP contribution in [-0.2, 0) is 15.4 Å². The Morgan fingerprint density at radius 2 is 1.48 bits per heavy atom. The van der Waals surface area contributed by atoms with Crippen molar-refractivity contribution >= 4 is 26.0 Å². The first-order valence-electron chi connectivity index (χ1n) is 10.4. The zero-order chi connectivity index (χ0) is 21.9. The second kappa shape index (κ2) is 9.11. The number of nitrogens with zero attached hydrogens (tertiary/aromatic N) is 1. The Balaban J connectivity index is 1.86. The van der Waals surface area contributed by atoms with Crippen LogP contribution in [-0.4, -0.2) is 30.6 Å². The van der Waals surface area contributed by atoms with Gasteiger partial charge >= 0.3 is 0 Å². The van der Waals surface area contributed by atoms with Gasteiger partial charge in [0.25, 0.3) is 0 Å². The van der Waals surface area contributed by atoms with Crippen LogP contribution >= 0.6 is 15.9 Å². The van der Waals surface area contributed by atoms with Gasteiger partial charge in [0, 0.05) is 23.3 Å². The maximum atomic E-state index is 13.8. The molecule has 3 aromatic rings. The number of hydrogen-bond acceptors (Lipinski definition) is 2. The van der Waals surface area contributed by atoms with Crippen molar-refractivity contribution in [1.29, 1.82) is 0 Å². The molecule has 1 aliphatic rings. The third-order valence-electron chi connectivity index (χ3n) is 6.08. The summed E-state index contributed by atoms with van der Waals surface area (Å²) in [6.07, 6.45) is 4.71. The monoisotopic (exact) mass is 495 g/mol. The third kappa shape index (κ3) is 4.27. The summed E-state index contributed by atoms with van der Waals surface area (Å²) in [5.41, 5.74) is 2.90. The number of alkyl halides is 1. The number of hydrogen-bond donors (Lipinski definition) is 0. The second-order valence-electron chi connectivity index (χ2n) is 8.03. The molecule has 0 aliphatic carbocycles. The molecule has 1 atom stereocenters. The molecule has 3 aromatic carbocycles. The van der Waals surface area contributed by atoms with E-state index in [0.717, 1.165) is 16.7 Å². The summed E-state index contributed by atoms with van der Waals surface area (Å²) in [6.45, 7) is 2.36. The quantitative estimate of drug-likeness (QED) is 0.325. The first-order chi connectivity index (χ1) is 15.0. The highest BCUT2D eigenvalue weighted by Gasteiger charge is 2.49. The zero-order valence-corrected chi connectivity index (χ0v) is 19.9. The zero-order valence-electron chi connectivity index (χ0n) is 17.5. The van der Waals surface area contributed by atoms with Gasteiger partial charge in [-0.2, -0.15) is 4.31 Å². The molecule has 0 radical (unpaired) electrons. The molecule has 0 saturated carbocycles. The normalized spacial score (nSPS) is 19.1. The van der Waals surface area contributed by atoms with Gasteiger partial charge in [-0.05, 0) is 36.6 Å². The Bertz CT molecular complexity index is 1100. The topological polar surface area (TPSA) is 37.4 Å². The van der Waals surface area contributed by atoms with Crippen molar-refractivity contribution in [3.8, 4) is 0 Å². The van der Waals surface area contributed by atoms with Crippen LogP contribution in [0, 0.1) is 6.92 Å². The van der Waals surface area contributed by atoms with Crippen molar-refractivity contribution in [3.63, 3.8) is 0 Å². The van der Waals surface area contributed by atoms with Gasteiger partial charge in [0.2, 0.25) is 10.0 Å². The SMILES string of the molecule is Cc1ccc(S(=O)(=O)N2CC(c3ccccc3)(c3ccccc3)CC2/C=C/CBr)cc1. The fourth-order valence-electron chi connectivity index (χ4n) is 4.49. The van der Waals surface area contributed by atoms with Gasteiger partial charge in [-0.3, -0.25) is 0 Å². The predicted octanol–water partition coefficient (Wildman–Crippen LogP) is 5.70. The minimum Gasteiger partial charge on any atom is -0.207 e. The molecule has 5 heteroatoms. The summed E-state index contributed by atoms with van der Waals surface area (Å²) in [6, 6.07) is 27.5. The van der Waals surface area contributed by atoms with Gasteiger partial charge in [0.1, 0.15) is 0 Å². The molecule has 1 unspecified atom stereocenters. The van der Waals surface area contributed by atoms with E-state index < -0.39 is 15.4 Å². The van der Waals surface area contributed by atoms with E-state index in [4.69, 9.17) is 0 Å². The molecule has 4 rings (SSSR count). The van der Waals surface area contributed by atoms with Crippen molar-refractivity contribution < 1.29 is 8.42 Å². The second-order valence-corrected chi connectivity index (χ2v) is 10.6. The largest absolute Gasteiger partial charge is 0.243 e. The van der Waals surface area contributed by atoms with Gasteiger partial charge in [0.05, 0.1) is 4.90 Å².